The summed E-state index contributed by atoms with van der Waals surface area (Å²) in [5.74, 6) is 1.53. The average Bonchev–Trinajstić information content (AvgIpc) is 2.27. The zero-order valence-corrected chi connectivity index (χ0v) is 12.0. The van der Waals surface area contributed by atoms with Gasteiger partial charge in [-0.05, 0) is 43.1 Å². The summed E-state index contributed by atoms with van der Waals surface area (Å²) < 4.78 is 6.39. The van der Waals surface area contributed by atoms with Crippen molar-refractivity contribution >= 4 is 15.9 Å². The van der Waals surface area contributed by atoms with Gasteiger partial charge < -0.3 is 10.1 Å². The van der Waals surface area contributed by atoms with E-state index in [0.29, 0.717) is 12.0 Å². The molecule has 1 rings (SSSR count). The molecular formula is C13H20BrNO. The Morgan fingerprint density at radius 1 is 1.38 bits per heavy atom. The third kappa shape index (κ3) is 3.49. The van der Waals surface area contributed by atoms with Gasteiger partial charge in [0.25, 0.3) is 0 Å². The summed E-state index contributed by atoms with van der Waals surface area (Å²) in [6, 6.07) is 6.60. The van der Waals surface area contributed by atoms with Crippen molar-refractivity contribution in [3.05, 3.63) is 28.2 Å². The second kappa shape index (κ2) is 6.26. The topological polar surface area (TPSA) is 21.3 Å². The van der Waals surface area contributed by atoms with Crippen molar-refractivity contribution in [2.75, 3.05) is 14.2 Å². The zero-order valence-electron chi connectivity index (χ0n) is 10.4. The number of likely N-dealkylation sites (N-methyl/N-ethyl adjacent to an activating group) is 1. The summed E-state index contributed by atoms with van der Waals surface area (Å²) in [5.41, 5.74) is 1.28. The fourth-order valence-electron chi connectivity index (χ4n) is 1.74. The fourth-order valence-corrected chi connectivity index (χ4v) is 2.15. The maximum absolute atomic E-state index is 5.24. The second-order valence-corrected chi connectivity index (χ2v) is 5.15. The van der Waals surface area contributed by atoms with Gasteiger partial charge in [-0.25, -0.2) is 0 Å². The molecule has 1 aromatic rings. The Hall–Kier alpha value is -0.540. The van der Waals surface area contributed by atoms with Crippen LogP contribution in [0.15, 0.2) is 22.7 Å². The van der Waals surface area contributed by atoms with Gasteiger partial charge >= 0.3 is 0 Å². The first kappa shape index (κ1) is 13.5. The number of halogens is 1. The molecule has 0 aliphatic carbocycles. The Morgan fingerprint density at radius 3 is 2.56 bits per heavy atom. The van der Waals surface area contributed by atoms with E-state index >= 15 is 0 Å². The Kier molecular flexibility index (Phi) is 5.29. The van der Waals surface area contributed by atoms with E-state index in [4.69, 9.17) is 4.74 Å². The molecule has 0 fully saturated rings. The van der Waals surface area contributed by atoms with E-state index in [1.54, 1.807) is 7.11 Å². The molecule has 0 saturated carbocycles. The van der Waals surface area contributed by atoms with Crippen molar-refractivity contribution in [2.24, 2.45) is 5.92 Å². The number of methoxy groups -OCH3 is 1. The fraction of sp³-hybridized carbons (Fsp3) is 0.538. The van der Waals surface area contributed by atoms with Crippen molar-refractivity contribution in [1.29, 1.82) is 0 Å². The standard InChI is InChI=1S/C13H20BrNO/c1-9(2)13(15-3)8-10-7-11(16-4)5-6-12(10)14/h5-7,9,13,15H,8H2,1-4H3. The van der Waals surface area contributed by atoms with Gasteiger partial charge in [-0.1, -0.05) is 29.8 Å². The monoisotopic (exact) mass is 285 g/mol. The van der Waals surface area contributed by atoms with E-state index in [1.165, 1.54) is 5.56 Å². The molecule has 1 aromatic carbocycles. The molecule has 16 heavy (non-hydrogen) atoms. The first-order valence-corrected chi connectivity index (χ1v) is 6.37. The van der Waals surface area contributed by atoms with Crippen LogP contribution in [0.25, 0.3) is 0 Å². The molecule has 0 heterocycles. The molecule has 0 spiro atoms. The summed E-state index contributed by atoms with van der Waals surface area (Å²) >= 11 is 3.58. The largest absolute Gasteiger partial charge is 0.497 e. The highest BCUT2D eigenvalue weighted by Gasteiger charge is 2.13. The maximum Gasteiger partial charge on any atom is 0.119 e. The smallest absolute Gasteiger partial charge is 0.119 e. The van der Waals surface area contributed by atoms with Gasteiger partial charge in [0.2, 0.25) is 0 Å². The summed E-state index contributed by atoms with van der Waals surface area (Å²) in [6.45, 7) is 4.46. The van der Waals surface area contributed by atoms with Crippen LogP contribution in [0.2, 0.25) is 0 Å². The van der Waals surface area contributed by atoms with Crippen molar-refractivity contribution in [3.8, 4) is 5.75 Å². The number of benzene rings is 1. The van der Waals surface area contributed by atoms with Gasteiger partial charge in [0.15, 0.2) is 0 Å². The molecule has 0 radical (unpaired) electrons. The summed E-state index contributed by atoms with van der Waals surface area (Å²) in [7, 11) is 3.71. The van der Waals surface area contributed by atoms with Gasteiger partial charge in [0, 0.05) is 10.5 Å². The van der Waals surface area contributed by atoms with E-state index in [1.807, 2.05) is 19.2 Å². The van der Waals surface area contributed by atoms with Gasteiger partial charge in [0.1, 0.15) is 5.75 Å². The van der Waals surface area contributed by atoms with Gasteiger partial charge in [0.05, 0.1) is 7.11 Å². The minimum atomic E-state index is 0.489. The van der Waals surface area contributed by atoms with Crippen LogP contribution in [0.1, 0.15) is 19.4 Å². The highest BCUT2D eigenvalue weighted by Crippen LogP contribution is 2.24. The normalized spacial score (nSPS) is 12.9. The van der Waals surface area contributed by atoms with E-state index < -0.39 is 0 Å². The molecule has 0 aromatic heterocycles. The van der Waals surface area contributed by atoms with Crippen molar-refractivity contribution < 1.29 is 4.74 Å². The molecule has 3 heteroatoms. The molecule has 0 aliphatic heterocycles. The quantitative estimate of drug-likeness (QED) is 0.897. The number of nitrogens with one attached hydrogen (secondary N) is 1. The van der Waals surface area contributed by atoms with Crippen LogP contribution in [0.4, 0.5) is 0 Å². The van der Waals surface area contributed by atoms with Crippen LogP contribution in [-0.2, 0) is 6.42 Å². The molecule has 1 N–H and O–H groups in total. The van der Waals surface area contributed by atoms with Crippen molar-refractivity contribution in [3.63, 3.8) is 0 Å². The molecule has 2 nitrogen and oxygen atoms in total. The first-order valence-electron chi connectivity index (χ1n) is 5.58. The molecule has 90 valence electrons. The van der Waals surface area contributed by atoms with Gasteiger partial charge in [-0.3, -0.25) is 0 Å². The Labute approximate surface area is 107 Å². The number of hydrogen-bond acceptors (Lipinski definition) is 2. The summed E-state index contributed by atoms with van der Waals surface area (Å²) in [5, 5.41) is 3.35. The minimum Gasteiger partial charge on any atom is -0.497 e. The Balaban J connectivity index is 2.86. The third-order valence-electron chi connectivity index (χ3n) is 2.87. The minimum absolute atomic E-state index is 0.489. The van der Waals surface area contributed by atoms with E-state index in [2.05, 4.69) is 41.2 Å². The van der Waals surface area contributed by atoms with Crippen LogP contribution >= 0.6 is 15.9 Å². The molecule has 0 aliphatic rings. The number of rotatable bonds is 5. The van der Waals surface area contributed by atoms with Crippen LogP contribution in [-0.4, -0.2) is 20.2 Å². The summed E-state index contributed by atoms with van der Waals surface area (Å²) in [4.78, 5) is 0. The third-order valence-corrected chi connectivity index (χ3v) is 3.64. The highest BCUT2D eigenvalue weighted by atomic mass is 79.9. The first-order chi connectivity index (χ1) is 7.58. The number of ether oxygens (including phenoxy) is 1. The molecule has 0 saturated heterocycles. The van der Waals surface area contributed by atoms with Crippen molar-refractivity contribution in [2.45, 2.75) is 26.3 Å². The lowest BCUT2D eigenvalue weighted by Crippen LogP contribution is -2.32. The molecule has 0 bridgehead atoms. The van der Waals surface area contributed by atoms with Crippen LogP contribution in [0, 0.1) is 5.92 Å². The van der Waals surface area contributed by atoms with E-state index in [0.717, 1.165) is 16.6 Å². The van der Waals surface area contributed by atoms with Crippen LogP contribution in [0.3, 0.4) is 0 Å². The Morgan fingerprint density at radius 2 is 2.06 bits per heavy atom. The maximum atomic E-state index is 5.24. The molecule has 0 amide bonds. The Bertz CT molecular complexity index is 339. The van der Waals surface area contributed by atoms with E-state index in [9.17, 15) is 0 Å². The molecular weight excluding hydrogens is 266 g/mol. The second-order valence-electron chi connectivity index (χ2n) is 4.30. The molecule has 1 unspecified atom stereocenters. The lowest BCUT2D eigenvalue weighted by Gasteiger charge is -2.21. The van der Waals surface area contributed by atoms with Gasteiger partial charge in [-0.2, -0.15) is 0 Å². The van der Waals surface area contributed by atoms with Crippen LogP contribution < -0.4 is 10.1 Å². The highest BCUT2D eigenvalue weighted by molar-refractivity contribution is 9.10. The lowest BCUT2D eigenvalue weighted by molar-refractivity contribution is 0.409. The average molecular weight is 286 g/mol. The SMILES string of the molecule is CNC(Cc1cc(OC)ccc1Br)C(C)C. The lowest BCUT2D eigenvalue weighted by atomic mass is 9.96. The van der Waals surface area contributed by atoms with Crippen molar-refractivity contribution in [1.82, 2.24) is 5.32 Å². The predicted molar refractivity (Wildman–Crippen MR) is 72.1 cm³/mol. The molecule has 1 atom stereocenters. The predicted octanol–water partition coefficient (Wildman–Crippen LogP) is 3.24. The number of hydrogen-bond donors (Lipinski definition) is 1. The van der Waals surface area contributed by atoms with Gasteiger partial charge in [-0.15, -0.1) is 0 Å². The summed E-state index contributed by atoms with van der Waals surface area (Å²) in [6.07, 6.45) is 1.01. The van der Waals surface area contributed by atoms with E-state index in [-0.39, 0.29) is 0 Å². The zero-order chi connectivity index (χ0) is 12.1. The van der Waals surface area contributed by atoms with Crippen LogP contribution in [0.5, 0.6) is 5.75 Å².